The molecule has 0 aromatic heterocycles. The van der Waals surface area contributed by atoms with Crippen LogP contribution in [0.15, 0.2) is 53.4 Å². The zero-order chi connectivity index (χ0) is 15.1. The molecular formula is C16H17FN2OS. The normalized spacial score (nSPS) is 10.2. The Bertz CT molecular complexity index is 584. The molecule has 0 atom stereocenters. The van der Waals surface area contributed by atoms with Gasteiger partial charge < -0.3 is 10.6 Å². The van der Waals surface area contributed by atoms with Gasteiger partial charge in [0.05, 0.1) is 0 Å². The van der Waals surface area contributed by atoms with Gasteiger partial charge in [0.25, 0.3) is 0 Å². The number of rotatable bonds is 5. The SMILES string of the molecule is CSc1ccc(NC(=O)NCCc2ccc(F)cc2)cc1. The van der Waals surface area contributed by atoms with Crippen molar-refractivity contribution >= 4 is 23.5 Å². The van der Waals surface area contributed by atoms with E-state index in [0.717, 1.165) is 16.1 Å². The molecule has 0 spiro atoms. The van der Waals surface area contributed by atoms with Crippen LogP contribution in [0.3, 0.4) is 0 Å². The summed E-state index contributed by atoms with van der Waals surface area (Å²) < 4.78 is 12.8. The Morgan fingerprint density at radius 3 is 2.38 bits per heavy atom. The Balaban J connectivity index is 1.75. The summed E-state index contributed by atoms with van der Waals surface area (Å²) in [5.74, 6) is -0.252. The highest BCUT2D eigenvalue weighted by atomic mass is 32.2. The van der Waals surface area contributed by atoms with Crippen LogP contribution in [0.25, 0.3) is 0 Å². The molecule has 0 fully saturated rings. The van der Waals surface area contributed by atoms with Crippen molar-refractivity contribution in [1.82, 2.24) is 5.32 Å². The van der Waals surface area contributed by atoms with Gasteiger partial charge >= 0.3 is 6.03 Å². The first-order chi connectivity index (χ1) is 10.2. The van der Waals surface area contributed by atoms with Crippen LogP contribution in [0.1, 0.15) is 5.56 Å². The zero-order valence-electron chi connectivity index (χ0n) is 11.7. The summed E-state index contributed by atoms with van der Waals surface area (Å²) in [5.41, 5.74) is 1.74. The van der Waals surface area contributed by atoms with Crippen LogP contribution >= 0.6 is 11.8 Å². The number of carbonyl (C=O) groups excluding carboxylic acids is 1. The van der Waals surface area contributed by atoms with E-state index in [1.54, 1.807) is 23.9 Å². The molecule has 2 aromatic carbocycles. The fraction of sp³-hybridized carbons (Fsp3) is 0.188. The van der Waals surface area contributed by atoms with E-state index in [1.807, 2.05) is 30.5 Å². The highest BCUT2D eigenvalue weighted by molar-refractivity contribution is 7.98. The lowest BCUT2D eigenvalue weighted by atomic mass is 10.1. The second-order valence-corrected chi connectivity index (χ2v) is 5.37. The van der Waals surface area contributed by atoms with Crippen LogP contribution in [-0.4, -0.2) is 18.8 Å². The van der Waals surface area contributed by atoms with Gasteiger partial charge in [0.2, 0.25) is 0 Å². The van der Waals surface area contributed by atoms with Crippen molar-refractivity contribution in [3.8, 4) is 0 Å². The van der Waals surface area contributed by atoms with Gasteiger partial charge in [0.1, 0.15) is 5.82 Å². The van der Waals surface area contributed by atoms with Crippen molar-refractivity contribution in [2.45, 2.75) is 11.3 Å². The van der Waals surface area contributed by atoms with E-state index in [9.17, 15) is 9.18 Å². The summed E-state index contributed by atoms with van der Waals surface area (Å²) in [6, 6.07) is 13.7. The Morgan fingerprint density at radius 1 is 1.10 bits per heavy atom. The Labute approximate surface area is 127 Å². The number of urea groups is 1. The van der Waals surface area contributed by atoms with Gasteiger partial charge in [-0.25, -0.2) is 9.18 Å². The minimum absolute atomic E-state index is 0.242. The van der Waals surface area contributed by atoms with Crippen LogP contribution in [0.4, 0.5) is 14.9 Å². The summed E-state index contributed by atoms with van der Waals surface area (Å²) in [7, 11) is 0. The minimum atomic E-state index is -0.252. The summed E-state index contributed by atoms with van der Waals surface area (Å²) >= 11 is 1.65. The van der Waals surface area contributed by atoms with E-state index in [0.29, 0.717) is 13.0 Å². The van der Waals surface area contributed by atoms with Crippen LogP contribution in [-0.2, 0) is 6.42 Å². The molecule has 110 valence electrons. The smallest absolute Gasteiger partial charge is 0.319 e. The predicted molar refractivity (Wildman–Crippen MR) is 85.3 cm³/mol. The molecule has 0 saturated carbocycles. The molecule has 3 nitrogen and oxygen atoms in total. The summed E-state index contributed by atoms with van der Waals surface area (Å²) in [6.45, 7) is 0.500. The predicted octanol–water partition coefficient (Wildman–Crippen LogP) is 3.91. The molecule has 0 heterocycles. The first kappa shape index (κ1) is 15.4. The molecular weight excluding hydrogens is 287 g/mol. The average Bonchev–Trinajstić information content (AvgIpc) is 2.50. The molecule has 0 aliphatic heterocycles. The number of hydrogen-bond donors (Lipinski definition) is 2. The monoisotopic (exact) mass is 304 g/mol. The van der Waals surface area contributed by atoms with Crippen LogP contribution in [0.2, 0.25) is 0 Å². The standard InChI is InChI=1S/C16H17FN2OS/c1-21-15-8-6-14(7-9-15)19-16(20)18-11-10-12-2-4-13(17)5-3-12/h2-9H,10-11H2,1H3,(H2,18,19,20). The Kier molecular flexibility index (Phi) is 5.63. The van der Waals surface area contributed by atoms with Gasteiger partial charge in [0, 0.05) is 17.1 Å². The fourth-order valence-electron chi connectivity index (χ4n) is 1.82. The molecule has 5 heteroatoms. The maximum absolute atomic E-state index is 12.8. The summed E-state index contributed by atoms with van der Waals surface area (Å²) in [5, 5.41) is 5.54. The molecule has 2 aromatic rings. The lowest BCUT2D eigenvalue weighted by Crippen LogP contribution is -2.30. The van der Waals surface area contributed by atoms with Crippen LogP contribution < -0.4 is 10.6 Å². The van der Waals surface area contributed by atoms with Gasteiger partial charge in [-0.15, -0.1) is 11.8 Å². The highest BCUT2D eigenvalue weighted by Crippen LogP contribution is 2.17. The lowest BCUT2D eigenvalue weighted by molar-refractivity contribution is 0.252. The molecule has 0 unspecified atom stereocenters. The topological polar surface area (TPSA) is 41.1 Å². The van der Waals surface area contributed by atoms with Crippen molar-refractivity contribution in [2.24, 2.45) is 0 Å². The average molecular weight is 304 g/mol. The molecule has 2 amide bonds. The van der Waals surface area contributed by atoms with E-state index in [2.05, 4.69) is 10.6 Å². The van der Waals surface area contributed by atoms with E-state index >= 15 is 0 Å². The van der Waals surface area contributed by atoms with Crippen LogP contribution in [0.5, 0.6) is 0 Å². The van der Waals surface area contributed by atoms with Crippen molar-refractivity contribution in [3.05, 3.63) is 59.9 Å². The molecule has 21 heavy (non-hydrogen) atoms. The highest BCUT2D eigenvalue weighted by Gasteiger charge is 2.01. The third-order valence-corrected chi connectivity index (χ3v) is 3.70. The zero-order valence-corrected chi connectivity index (χ0v) is 12.5. The van der Waals surface area contributed by atoms with Gasteiger partial charge in [-0.2, -0.15) is 0 Å². The molecule has 0 radical (unpaired) electrons. The first-order valence-electron chi connectivity index (χ1n) is 6.61. The number of anilines is 1. The fourth-order valence-corrected chi connectivity index (χ4v) is 2.23. The minimum Gasteiger partial charge on any atom is -0.338 e. The van der Waals surface area contributed by atoms with E-state index in [-0.39, 0.29) is 11.8 Å². The molecule has 2 N–H and O–H groups in total. The number of hydrogen-bond acceptors (Lipinski definition) is 2. The second kappa shape index (κ2) is 7.69. The lowest BCUT2D eigenvalue weighted by Gasteiger charge is -2.08. The maximum atomic E-state index is 12.8. The second-order valence-electron chi connectivity index (χ2n) is 4.49. The third kappa shape index (κ3) is 5.11. The quantitative estimate of drug-likeness (QED) is 0.822. The number of amides is 2. The molecule has 0 saturated heterocycles. The van der Waals surface area contributed by atoms with E-state index in [4.69, 9.17) is 0 Å². The van der Waals surface area contributed by atoms with Gasteiger partial charge in [-0.1, -0.05) is 12.1 Å². The number of benzene rings is 2. The van der Waals surface area contributed by atoms with Gasteiger partial charge in [-0.05, 0) is 54.6 Å². The summed E-state index contributed by atoms with van der Waals surface area (Å²) in [4.78, 5) is 12.9. The maximum Gasteiger partial charge on any atom is 0.319 e. The van der Waals surface area contributed by atoms with Crippen LogP contribution in [0, 0.1) is 5.82 Å². The summed E-state index contributed by atoms with van der Waals surface area (Å²) in [6.07, 6.45) is 2.67. The third-order valence-electron chi connectivity index (χ3n) is 2.96. The number of thioether (sulfide) groups is 1. The van der Waals surface area contributed by atoms with Crippen molar-refractivity contribution < 1.29 is 9.18 Å². The van der Waals surface area contributed by atoms with Crippen molar-refractivity contribution in [3.63, 3.8) is 0 Å². The number of carbonyl (C=O) groups is 1. The number of nitrogens with one attached hydrogen (secondary N) is 2. The Hall–Kier alpha value is -2.01. The molecule has 0 aliphatic carbocycles. The van der Waals surface area contributed by atoms with Crippen molar-refractivity contribution in [2.75, 3.05) is 18.1 Å². The largest absolute Gasteiger partial charge is 0.338 e. The molecule has 0 aliphatic rings. The van der Waals surface area contributed by atoms with Gasteiger partial charge in [-0.3, -0.25) is 0 Å². The molecule has 2 rings (SSSR count). The van der Waals surface area contributed by atoms with Gasteiger partial charge in [0.15, 0.2) is 0 Å². The molecule has 0 bridgehead atoms. The number of halogens is 1. The first-order valence-corrected chi connectivity index (χ1v) is 7.83. The van der Waals surface area contributed by atoms with E-state index in [1.165, 1.54) is 12.1 Å². The Morgan fingerprint density at radius 2 is 1.76 bits per heavy atom. The van der Waals surface area contributed by atoms with E-state index < -0.39 is 0 Å². The van der Waals surface area contributed by atoms with Crippen molar-refractivity contribution in [1.29, 1.82) is 0 Å².